The molecule has 0 aliphatic heterocycles. The molecule has 2 nitrogen and oxygen atoms in total. The molecule has 1 radical (unpaired) electrons. The van der Waals surface area contributed by atoms with Crippen LogP contribution in [0.1, 0.15) is 12.2 Å². The van der Waals surface area contributed by atoms with E-state index in [0.29, 0.717) is 0 Å². The van der Waals surface area contributed by atoms with E-state index < -0.39 is 0 Å². The van der Waals surface area contributed by atoms with E-state index in [4.69, 9.17) is 0 Å². The Morgan fingerprint density at radius 1 is 1.21 bits per heavy atom. The summed E-state index contributed by atoms with van der Waals surface area (Å²) in [5.74, 6) is 1.01. The number of H-pyrrole nitrogens is 1. The van der Waals surface area contributed by atoms with Crippen LogP contribution in [-0.2, 0) is 6.42 Å². The molecular formula is C12H13N2. The number of benzene rings is 1. The number of nitrogens with zero attached hydrogens (tertiary/aromatic N) is 1. The van der Waals surface area contributed by atoms with Gasteiger partial charge in [-0.1, -0.05) is 37.3 Å². The average molecular weight is 185 g/mol. The Morgan fingerprint density at radius 3 is 2.71 bits per heavy atom. The van der Waals surface area contributed by atoms with Gasteiger partial charge in [-0.25, -0.2) is 4.98 Å². The van der Waals surface area contributed by atoms with Crippen LogP contribution in [0.2, 0.25) is 0 Å². The Kier molecular flexibility index (Phi) is 2.63. The molecule has 0 fully saturated rings. The van der Waals surface area contributed by atoms with Gasteiger partial charge in [0.2, 0.25) is 0 Å². The fourth-order valence-corrected chi connectivity index (χ4v) is 1.41. The molecule has 0 saturated heterocycles. The summed E-state index contributed by atoms with van der Waals surface area (Å²) in [6, 6.07) is 10.2. The van der Waals surface area contributed by atoms with E-state index in [-0.39, 0.29) is 0 Å². The highest BCUT2D eigenvalue weighted by Crippen LogP contribution is 2.16. The van der Waals surface area contributed by atoms with Crippen molar-refractivity contribution in [2.45, 2.75) is 12.8 Å². The monoisotopic (exact) mass is 185 g/mol. The molecule has 1 aromatic heterocycles. The van der Waals surface area contributed by atoms with Crippen molar-refractivity contribution < 1.29 is 0 Å². The standard InChI is InChI=1S/C12H13N2/c1-2-6-12-13-9-11(14-12)10-7-4-3-5-8-10/h3-5,7-9H,1-2,6H2,(H,13,14). The normalized spacial score (nSPS) is 10.4. The van der Waals surface area contributed by atoms with Crippen LogP contribution in [0.3, 0.4) is 0 Å². The number of aromatic amines is 1. The zero-order valence-corrected chi connectivity index (χ0v) is 8.03. The average Bonchev–Trinajstić information content (AvgIpc) is 2.68. The Bertz CT molecular complexity index is 390. The highest BCUT2D eigenvalue weighted by molar-refractivity contribution is 5.57. The Labute approximate surface area is 84.0 Å². The van der Waals surface area contributed by atoms with Gasteiger partial charge in [-0.2, -0.15) is 0 Å². The van der Waals surface area contributed by atoms with Crippen molar-refractivity contribution in [3.8, 4) is 11.3 Å². The van der Waals surface area contributed by atoms with Gasteiger partial charge in [0, 0.05) is 18.2 Å². The molecule has 2 rings (SSSR count). The quantitative estimate of drug-likeness (QED) is 0.782. The highest BCUT2D eigenvalue weighted by Gasteiger charge is 2.01. The Balaban J connectivity index is 2.25. The zero-order chi connectivity index (χ0) is 9.80. The molecule has 1 aromatic carbocycles. The van der Waals surface area contributed by atoms with Crippen LogP contribution in [0.15, 0.2) is 36.5 Å². The minimum atomic E-state index is 0.877. The molecular weight excluding hydrogens is 172 g/mol. The molecule has 0 amide bonds. The number of aromatic nitrogens is 2. The first-order valence-corrected chi connectivity index (χ1v) is 4.79. The van der Waals surface area contributed by atoms with Crippen LogP contribution in [0.25, 0.3) is 11.3 Å². The third-order valence-electron chi connectivity index (χ3n) is 2.11. The number of rotatable bonds is 3. The number of nitrogens with one attached hydrogen (secondary N) is 1. The van der Waals surface area contributed by atoms with Gasteiger partial charge in [0.05, 0.1) is 5.69 Å². The van der Waals surface area contributed by atoms with Crippen molar-refractivity contribution >= 4 is 0 Å². The number of aryl methyl sites for hydroxylation is 1. The van der Waals surface area contributed by atoms with Gasteiger partial charge < -0.3 is 4.98 Å². The molecule has 0 unspecified atom stereocenters. The lowest BCUT2D eigenvalue weighted by molar-refractivity contribution is 0.909. The summed E-state index contributed by atoms with van der Waals surface area (Å²) in [6.07, 6.45) is 3.73. The molecule has 2 heteroatoms. The third-order valence-corrected chi connectivity index (χ3v) is 2.11. The second-order valence-electron chi connectivity index (χ2n) is 3.20. The largest absolute Gasteiger partial charge is 0.348 e. The number of hydrogen-bond donors (Lipinski definition) is 1. The molecule has 1 N–H and O–H groups in total. The van der Waals surface area contributed by atoms with E-state index in [1.54, 1.807) is 0 Å². The fraction of sp³-hybridized carbons (Fsp3) is 0.167. The van der Waals surface area contributed by atoms with Crippen molar-refractivity contribution in [3.63, 3.8) is 0 Å². The smallest absolute Gasteiger partial charge is 0.106 e. The number of hydrogen-bond acceptors (Lipinski definition) is 1. The summed E-state index contributed by atoms with van der Waals surface area (Å²) in [5, 5.41) is 0. The van der Waals surface area contributed by atoms with E-state index >= 15 is 0 Å². The topological polar surface area (TPSA) is 28.7 Å². The molecule has 2 aromatic rings. The summed E-state index contributed by atoms with van der Waals surface area (Å²) in [4.78, 5) is 7.63. The lowest BCUT2D eigenvalue weighted by Crippen LogP contribution is -1.85. The Morgan fingerprint density at radius 2 is 2.00 bits per heavy atom. The van der Waals surface area contributed by atoms with E-state index in [1.165, 1.54) is 0 Å². The second-order valence-corrected chi connectivity index (χ2v) is 3.20. The predicted octanol–water partition coefficient (Wildman–Crippen LogP) is 2.84. The first-order chi connectivity index (χ1) is 6.90. The van der Waals surface area contributed by atoms with Crippen molar-refractivity contribution in [3.05, 3.63) is 49.3 Å². The van der Waals surface area contributed by atoms with E-state index in [0.717, 1.165) is 29.9 Å². The molecule has 71 valence electrons. The minimum absolute atomic E-state index is 0.877. The van der Waals surface area contributed by atoms with E-state index in [1.807, 2.05) is 24.4 Å². The number of imidazole rings is 1. The lowest BCUT2D eigenvalue weighted by Gasteiger charge is -1.93. The molecule has 0 saturated carbocycles. The molecule has 0 atom stereocenters. The highest BCUT2D eigenvalue weighted by atomic mass is 14.9. The second kappa shape index (κ2) is 4.09. The lowest BCUT2D eigenvalue weighted by atomic mass is 10.2. The zero-order valence-electron chi connectivity index (χ0n) is 8.03. The van der Waals surface area contributed by atoms with Crippen LogP contribution < -0.4 is 0 Å². The van der Waals surface area contributed by atoms with Crippen LogP contribution in [0.5, 0.6) is 0 Å². The predicted molar refractivity (Wildman–Crippen MR) is 57.7 cm³/mol. The summed E-state index contributed by atoms with van der Waals surface area (Å²) in [6.45, 7) is 3.80. The van der Waals surface area contributed by atoms with Crippen molar-refractivity contribution in [1.29, 1.82) is 0 Å². The van der Waals surface area contributed by atoms with Gasteiger partial charge in [-0.15, -0.1) is 0 Å². The molecule has 14 heavy (non-hydrogen) atoms. The van der Waals surface area contributed by atoms with Gasteiger partial charge in [0.25, 0.3) is 0 Å². The summed E-state index contributed by atoms with van der Waals surface area (Å²) in [5.41, 5.74) is 2.16. The van der Waals surface area contributed by atoms with Crippen molar-refractivity contribution in [2.24, 2.45) is 0 Å². The Hall–Kier alpha value is -1.57. The van der Waals surface area contributed by atoms with Crippen LogP contribution in [0.4, 0.5) is 0 Å². The van der Waals surface area contributed by atoms with Crippen LogP contribution in [-0.4, -0.2) is 9.97 Å². The fourth-order valence-electron chi connectivity index (χ4n) is 1.41. The van der Waals surface area contributed by atoms with Gasteiger partial charge in [0.15, 0.2) is 0 Å². The molecule has 1 heterocycles. The SMILES string of the molecule is [CH2]CCc1nc(-c2ccccc2)c[nH]1. The van der Waals surface area contributed by atoms with Crippen LogP contribution in [0, 0.1) is 6.92 Å². The van der Waals surface area contributed by atoms with Gasteiger partial charge in [-0.05, 0) is 6.42 Å². The maximum absolute atomic E-state index is 4.47. The maximum atomic E-state index is 4.47. The first kappa shape index (κ1) is 9.00. The maximum Gasteiger partial charge on any atom is 0.106 e. The van der Waals surface area contributed by atoms with Crippen molar-refractivity contribution in [1.82, 2.24) is 9.97 Å². The van der Waals surface area contributed by atoms with E-state index in [9.17, 15) is 0 Å². The third kappa shape index (κ3) is 1.84. The van der Waals surface area contributed by atoms with Crippen LogP contribution >= 0.6 is 0 Å². The minimum Gasteiger partial charge on any atom is -0.348 e. The molecule has 0 aliphatic rings. The molecule has 0 aliphatic carbocycles. The molecule has 0 spiro atoms. The summed E-state index contributed by atoms with van der Waals surface area (Å²) < 4.78 is 0. The summed E-state index contributed by atoms with van der Waals surface area (Å²) >= 11 is 0. The molecule has 0 bridgehead atoms. The van der Waals surface area contributed by atoms with Gasteiger partial charge >= 0.3 is 0 Å². The summed E-state index contributed by atoms with van der Waals surface area (Å²) in [7, 11) is 0. The van der Waals surface area contributed by atoms with Gasteiger partial charge in [-0.3, -0.25) is 0 Å². The van der Waals surface area contributed by atoms with Crippen molar-refractivity contribution in [2.75, 3.05) is 0 Å². The first-order valence-electron chi connectivity index (χ1n) is 4.79. The van der Waals surface area contributed by atoms with Gasteiger partial charge in [0.1, 0.15) is 5.82 Å². The van der Waals surface area contributed by atoms with E-state index in [2.05, 4.69) is 29.0 Å².